The van der Waals surface area contributed by atoms with Crippen LogP contribution in [0.1, 0.15) is 32.4 Å². The maximum absolute atomic E-state index is 13.0. The highest BCUT2D eigenvalue weighted by atomic mass is 19.1. The molecule has 1 aromatic rings. The fourth-order valence-corrected chi connectivity index (χ4v) is 1.34. The molecule has 1 heterocycles. The Bertz CT molecular complexity index is 363. The third-order valence-electron chi connectivity index (χ3n) is 3.28. The summed E-state index contributed by atoms with van der Waals surface area (Å²) < 4.78 is 13.0. The minimum atomic E-state index is -0.289. The van der Waals surface area contributed by atoms with Gasteiger partial charge in [-0.1, -0.05) is 0 Å². The SMILES string of the molecule is CC(NCC(C)(C)N(C)C)c1cncc(F)c1. The molecule has 0 aliphatic carbocycles. The van der Waals surface area contributed by atoms with Gasteiger partial charge in [-0.2, -0.15) is 0 Å². The smallest absolute Gasteiger partial charge is 0.141 e. The minimum absolute atomic E-state index is 0.0645. The van der Waals surface area contributed by atoms with Gasteiger partial charge in [0.15, 0.2) is 0 Å². The van der Waals surface area contributed by atoms with Crippen LogP contribution in [0.3, 0.4) is 0 Å². The van der Waals surface area contributed by atoms with Crippen molar-refractivity contribution in [3.8, 4) is 0 Å². The van der Waals surface area contributed by atoms with Crippen LogP contribution >= 0.6 is 0 Å². The summed E-state index contributed by atoms with van der Waals surface area (Å²) in [7, 11) is 4.10. The van der Waals surface area contributed by atoms with Crippen molar-refractivity contribution in [2.45, 2.75) is 32.4 Å². The van der Waals surface area contributed by atoms with E-state index < -0.39 is 0 Å². The molecule has 1 unspecified atom stereocenters. The molecule has 0 amide bonds. The Balaban J connectivity index is 2.59. The number of nitrogens with one attached hydrogen (secondary N) is 1. The summed E-state index contributed by atoms with van der Waals surface area (Å²) in [5.74, 6) is -0.289. The molecular formula is C13H22FN3. The van der Waals surface area contributed by atoms with Crippen molar-refractivity contribution in [2.75, 3.05) is 20.6 Å². The first-order chi connectivity index (χ1) is 7.83. The van der Waals surface area contributed by atoms with Gasteiger partial charge < -0.3 is 10.2 Å². The number of rotatable bonds is 5. The molecule has 0 saturated carbocycles. The molecule has 0 aromatic carbocycles. The van der Waals surface area contributed by atoms with E-state index in [4.69, 9.17) is 0 Å². The Morgan fingerprint density at radius 3 is 2.59 bits per heavy atom. The van der Waals surface area contributed by atoms with Gasteiger partial charge in [-0.15, -0.1) is 0 Å². The lowest BCUT2D eigenvalue weighted by atomic mass is 10.0. The van der Waals surface area contributed by atoms with Gasteiger partial charge in [-0.25, -0.2) is 4.39 Å². The number of nitrogens with zero attached hydrogens (tertiary/aromatic N) is 2. The van der Waals surface area contributed by atoms with Crippen LogP contribution in [0.25, 0.3) is 0 Å². The van der Waals surface area contributed by atoms with Crippen LogP contribution < -0.4 is 5.32 Å². The Kier molecular flexibility index (Phi) is 4.60. The summed E-state index contributed by atoms with van der Waals surface area (Å²) in [6, 6.07) is 1.62. The molecule has 17 heavy (non-hydrogen) atoms. The number of likely N-dealkylation sites (N-methyl/N-ethyl adjacent to an activating group) is 1. The molecule has 3 nitrogen and oxygen atoms in total. The van der Waals surface area contributed by atoms with E-state index in [2.05, 4.69) is 43.1 Å². The van der Waals surface area contributed by atoms with Crippen molar-refractivity contribution in [1.29, 1.82) is 0 Å². The number of hydrogen-bond acceptors (Lipinski definition) is 3. The molecule has 0 bridgehead atoms. The summed E-state index contributed by atoms with van der Waals surface area (Å²) in [6.07, 6.45) is 2.92. The lowest BCUT2D eigenvalue weighted by Crippen LogP contribution is -2.47. The predicted octanol–water partition coefficient (Wildman–Crippen LogP) is 2.21. The molecule has 0 spiro atoms. The number of halogens is 1. The van der Waals surface area contributed by atoms with Crippen LogP contribution in [0, 0.1) is 5.82 Å². The van der Waals surface area contributed by atoms with Gasteiger partial charge in [0.05, 0.1) is 6.20 Å². The summed E-state index contributed by atoms with van der Waals surface area (Å²) in [5.41, 5.74) is 0.939. The van der Waals surface area contributed by atoms with Gasteiger partial charge in [-0.3, -0.25) is 4.98 Å². The van der Waals surface area contributed by atoms with Crippen molar-refractivity contribution in [3.05, 3.63) is 29.8 Å². The van der Waals surface area contributed by atoms with E-state index in [0.29, 0.717) is 0 Å². The fraction of sp³-hybridized carbons (Fsp3) is 0.615. The molecule has 1 rings (SSSR count). The fourth-order valence-electron chi connectivity index (χ4n) is 1.34. The summed E-state index contributed by atoms with van der Waals surface area (Å²) in [6.45, 7) is 7.17. The van der Waals surface area contributed by atoms with E-state index in [9.17, 15) is 4.39 Å². The van der Waals surface area contributed by atoms with Gasteiger partial charge in [0.1, 0.15) is 5.82 Å². The van der Waals surface area contributed by atoms with Crippen molar-refractivity contribution in [1.82, 2.24) is 15.2 Å². The van der Waals surface area contributed by atoms with E-state index in [-0.39, 0.29) is 17.4 Å². The molecular weight excluding hydrogens is 217 g/mol. The molecule has 96 valence electrons. The van der Waals surface area contributed by atoms with E-state index in [0.717, 1.165) is 12.1 Å². The van der Waals surface area contributed by atoms with Crippen LogP contribution in [0.2, 0.25) is 0 Å². The third kappa shape index (κ3) is 4.06. The Morgan fingerprint density at radius 1 is 1.41 bits per heavy atom. The first-order valence-electron chi connectivity index (χ1n) is 5.84. The van der Waals surface area contributed by atoms with Crippen molar-refractivity contribution >= 4 is 0 Å². The van der Waals surface area contributed by atoms with E-state index in [1.807, 2.05) is 6.92 Å². The summed E-state index contributed by atoms with van der Waals surface area (Å²) in [5, 5.41) is 3.40. The summed E-state index contributed by atoms with van der Waals surface area (Å²) >= 11 is 0. The molecule has 0 aliphatic rings. The Labute approximate surface area is 103 Å². The summed E-state index contributed by atoms with van der Waals surface area (Å²) in [4.78, 5) is 6.02. The predicted molar refractivity (Wildman–Crippen MR) is 68.4 cm³/mol. The quantitative estimate of drug-likeness (QED) is 0.854. The first-order valence-corrected chi connectivity index (χ1v) is 5.84. The number of pyridine rings is 1. The van der Waals surface area contributed by atoms with Gasteiger partial charge in [0.2, 0.25) is 0 Å². The van der Waals surface area contributed by atoms with Crippen LogP contribution in [0.4, 0.5) is 4.39 Å². The molecule has 4 heteroatoms. The zero-order valence-electron chi connectivity index (χ0n) is 11.3. The Morgan fingerprint density at radius 2 is 2.06 bits per heavy atom. The zero-order valence-corrected chi connectivity index (χ0v) is 11.3. The topological polar surface area (TPSA) is 28.2 Å². The second-order valence-electron chi connectivity index (χ2n) is 5.25. The van der Waals surface area contributed by atoms with Crippen LogP contribution in [0.5, 0.6) is 0 Å². The highest BCUT2D eigenvalue weighted by Gasteiger charge is 2.21. The number of hydrogen-bond donors (Lipinski definition) is 1. The van der Waals surface area contributed by atoms with Crippen LogP contribution in [-0.2, 0) is 0 Å². The average molecular weight is 239 g/mol. The van der Waals surface area contributed by atoms with Gasteiger partial charge in [-0.05, 0) is 46.5 Å². The van der Waals surface area contributed by atoms with E-state index in [1.165, 1.54) is 12.3 Å². The lowest BCUT2D eigenvalue weighted by molar-refractivity contribution is 0.185. The van der Waals surface area contributed by atoms with Crippen molar-refractivity contribution in [3.63, 3.8) is 0 Å². The third-order valence-corrected chi connectivity index (χ3v) is 3.28. The van der Waals surface area contributed by atoms with Crippen LogP contribution in [0.15, 0.2) is 18.5 Å². The molecule has 0 fully saturated rings. The molecule has 0 saturated heterocycles. The number of aromatic nitrogens is 1. The standard InChI is InChI=1S/C13H22FN3/c1-10(11-6-12(14)8-15-7-11)16-9-13(2,3)17(4)5/h6-8,10,16H,9H2,1-5H3. The highest BCUT2D eigenvalue weighted by molar-refractivity contribution is 5.14. The lowest BCUT2D eigenvalue weighted by Gasteiger charge is -2.34. The van der Waals surface area contributed by atoms with Crippen molar-refractivity contribution in [2.24, 2.45) is 0 Å². The van der Waals surface area contributed by atoms with Gasteiger partial charge >= 0.3 is 0 Å². The molecule has 1 N–H and O–H groups in total. The van der Waals surface area contributed by atoms with Crippen LogP contribution in [-0.4, -0.2) is 36.1 Å². The Hall–Kier alpha value is -1.00. The first kappa shape index (κ1) is 14.1. The van der Waals surface area contributed by atoms with Gasteiger partial charge in [0.25, 0.3) is 0 Å². The molecule has 0 aliphatic heterocycles. The second-order valence-corrected chi connectivity index (χ2v) is 5.25. The second kappa shape index (κ2) is 5.56. The maximum atomic E-state index is 13.0. The van der Waals surface area contributed by atoms with E-state index >= 15 is 0 Å². The monoisotopic (exact) mass is 239 g/mol. The normalized spacial score (nSPS) is 14.1. The average Bonchev–Trinajstić information content (AvgIpc) is 2.25. The molecule has 0 radical (unpaired) electrons. The van der Waals surface area contributed by atoms with Gasteiger partial charge in [0, 0.05) is 24.3 Å². The largest absolute Gasteiger partial charge is 0.308 e. The molecule has 1 atom stereocenters. The highest BCUT2D eigenvalue weighted by Crippen LogP contribution is 2.14. The van der Waals surface area contributed by atoms with E-state index in [1.54, 1.807) is 6.20 Å². The van der Waals surface area contributed by atoms with Crippen molar-refractivity contribution < 1.29 is 4.39 Å². The minimum Gasteiger partial charge on any atom is -0.308 e. The molecule has 1 aromatic heterocycles. The zero-order chi connectivity index (χ0) is 13.1. The maximum Gasteiger partial charge on any atom is 0.141 e.